The number of ether oxygens (including phenoxy) is 1. The minimum absolute atomic E-state index is 0.0347. The molecule has 2 heterocycles. The average molecular weight is 357 g/mol. The van der Waals surface area contributed by atoms with E-state index in [1.54, 1.807) is 13.3 Å². The van der Waals surface area contributed by atoms with Gasteiger partial charge < -0.3 is 9.30 Å². The zero-order valence-corrected chi connectivity index (χ0v) is 16.1. The number of hydrogen-bond donors (Lipinski definition) is 0. The molecule has 1 aromatic carbocycles. The molecular weight excluding hydrogens is 334 g/mol. The molecule has 132 valence electrons. The molecule has 1 aliphatic heterocycles. The molecule has 3 rings (SSSR count). The number of methoxy groups -OCH3 is 1. The molecule has 6 heteroatoms. The zero-order chi connectivity index (χ0) is 18.2. The molecule has 1 aliphatic rings. The number of carbonyl (C=O) groups is 1. The summed E-state index contributed by atoms with van der Waals surface area (Å²) in [6.07, 6.45) is 5.75. The van der Waals surface area contributed by atoms with Crippen molar-refractivity contribution in [3.63, 3.8) is 0 Å². The van der Waals surface area contributed by atoms with Gasteiger partial charge in [-0.25, -0.2) is 4.98 Å². The van der Waals surface area contributed by atoms with Gasteiger partial charge in [0, 0.05) is 25.0 Å². The van der Waals surface area contributed by atoms with Crippen molar-refractivity contribution in [1.29, 1.82) is 0 Å². The van der Waals surface area contributed by atoms with Crippen LogP contribution in [0.25, 0.3) is 5.57 Å². The molecule has 25 heavy (non-hydrogen) atoms. The third-order valence-electron chi connectivity index (χ3n) is 4.36. The first-order valence-electron chi connectivity index (χ1n) is 8.15. The van der Waals surface area contributed by atoms with Gasteiger partial charge in [0.05, 0.1) is 24.1 Å². The number of rotatable bonds is 4. The molecule has 0 aliphatic carbocycles. The van der Waals surface area contributed by atoms with E-state index < -0.39 is 5.54 Å². The number of fused-ring (bicyclic) bond motifs is 1. The number of aromatic nitrogens is 2. The van der Waals surface area contributed by atoms with Crippen molar-refractivity contribution in [3.05, 3.63) is 42.2 Å². The van der Waals surface area contributed by atoms with Crippen molar-refractivity contribution in [2.24, 2.45) is 7.05 Å². The van der Waals surface area contributed by atoms with Gasteiger partial charge in [-0.15, -0.1) is 0 Å². The molecule has 0 radical (unpaired) electrons. The quantitative estimate of drug-likeness (QED) is 0.782. The van der Waals surface area contributed by atoms with Gasteiger partial charge in [-0.3, -0.25) is 9.69 Å². The van der Waals surface area contributed by atoms with Crippen LogP contribution in [-0.2, 0) is 11.8 Å². The summed E-state index contributed by atoms with van der Waals surface area (Å²) in [5.74, 6) is 1.07. The normalized spacial score (nSPS) is 15.6. The van der Waals surface area contributed by atoms with Crippen LogP contribution < -0.4 is 9.64 Å². The van der Waals surface area contributed by atoms with Crippen LogP contribution >= 0.6 is 11.8 Å². The molecule has 5 nitrogen and oxygen atoms in total. The van der Waals surface area contributed by atoms with Gasteiger partial charge in [0.15, 0.2) is 5.16 Å². The number of thioether (sulfide) groups is 1. The molecule has 0 fully saturated rings. The summed E-state index contributed by atoms with van der Waals surface area (Å²) in [4.78, 5) is 19.3. The van der Waals surface area contributed by atoms with Crippen LogP contribution in [-0.4, -0.2) is 33.9 Å². The van der Waals surface area contributed by atoms with Crippen molar-refractivity contribution in [2.75, 3.05) is 17.8 Å². The first kappa shape index (κ1) is 17.6. The Hall–Kier alpha value is -2.21. The predicted octanol–water partition coefficient (Wildman–Crippen LogP) is 3.75. The topological polar surface area (TPSA) is 47.4 Å². The summed E-state index contributed by atoms with van der Waals surface area (Å²) in [6.45, 7) is 6.18. The fourth-order valence-electron chi connectivity index (χ4n) is 3.32. The van der Waals surface area contributed by atoms with Gasteiger partial charge >= 0.3 is 0 Å². The molecular formula is C19H23N3O2S. The van der Waals surface area contributed by atoms with E-state index in [0.29, 0.717) is 11.5 Å². The van der Waals surface area contributed by atoms with E-state index in [-0.39, 0.29) is 5.91 Å². The lowest BCUT2D eigenvalue weighted by Gasteiger charge is -2.42. The smallest absolute Gasteiger partial charge is 0.238 e. The highest BCUT2D eigenvalue weighted by Gasteiger charge is 2.37. The van der Waals surface area contributed by atoms with E-state index >= 15 is 0 Å². The monoisotopic (exact) mass is 357 g/mol. The van der Waals surface area contributed by atoms with Crippen molar-refractivity contribution in [3.8, 4) is 5.75 Å². The SMILES string of the molecule is COc1cccc2c1N(C(=O)CSc1nccn1C)C(C)(C)C=C2C. The van der Waals surface area contributed by atoms with Crippen LogP contribution in [0.5, 0.6) is 5.75 Å². The highest BCUT2D eigenvalue weighted by molar-refractivity contribution is 7.99. The number of amides is 1. The summed E-state index contributed by atoms with van der Waals surface area (Å²) >= 11 is 1.44. The van der Waals surface area contributed by atoms with Gasteiger partial charge in [0.25, 0.3) is 0 Å². The van der Waals surface area contributed by atoms with Crippen LogP contribution in [0.15, 0.2) is 41.8 Å². The Kier molecular flexibility index (Phi) is 4.64. The molecule has 2 aromatic rings. The molecule has 0 saturated heterocycles. The molecule has 0 bridgehead atoms. The Morgan fingerprint density at radius 2 is 2.12 bits per heavy atom. The Labute approximate surface area is 152 Å². The number of hydrogen-bond acceptors (Lipinski definition) is 4. The number of imidazole rings is 1. The summed E-state index contributed by atoms with van der Waals surface area (Å²) < 4.78 is 7.47. The summed E-state index contributed by atoms with van der Waals surface area (Å²) in [5, 5.41) is 0.829. The number of allylic oxidation sites excluding steroid dienone is 1. The second-order valence-corrected chi connectivity index (χ2v) is 7.62. The lowest BCUT2D eigenvalue weighted by molar-refractivity contribution is -0.116. The minimum Gasteiger partial charge on any atom is -0.495 e. The predicted molar refractivity (Wildman–Crippen MR) is 102 cm³/mol. The standard InChI is InChI=1S/C19H23N3O2S/c1-13-11-19(2,3)22(17-14(13)7-6-8-15(17)24-5)16(23)12-25-18-20-9-10-21(18)4/h6-11H,12H2,1-5H3. The van der Waals surface area contributed by atoms with Crippen molar-refractivity contribution in [1.82, 2.24) is 9.55 Å². The van der Waals surface area contributed by atoms with Gasteiger partial charge in [0.1, 0.15) is 5.75 Å². The second-order valence-electron chi connectivity index (χ2n) is 6.68. The zero-order valence-electron chi connectivity index (χ0n) is 15.2. The number of para-hydroxylation sites is 1. The van der Waals surface area contributed by atoms with E-state index in [0.717, 1.165) is 22.0 Å². The van der Waals surface area contributed by atoms with Crippen molar-refractivity contribution >= 4 is 28.9 Å². The van der Waals surface area contributed by atoms with E-state index in [2.05, 4.69) is 31.8 Å². The van der Waals surface area contributed by atoms with Crippen molar-refractivity contribution < 1.29 is 9.53 Å². The number of benzene rings is 1. The Balaban J connectivity index is 1.97. The highest BCUT2D eigenvalue weighted by Crippen LogP contribution is 2.44. The third kappa shape index (κ3) is 3.18. The summed E-state index contributed by atoms with van der Waals surface area (Å²) in [5.41, 5.74) is 2.61. The molecule has 1 amide bonds. The van der Waals surface area contributed by atoms with E-state index in [1.807, 2.05) is 40.9 Å². The maximum Gasteiger partial charge on any atom is 0.238 e. The maximum atomic E-state index is 13.1. The maximum absolute atomic E-state index is 13.1. The Morgan fingerprint density at radius 1 is 1.36 bits per heavy atom. The summed E-state index contributed by atoms with van der Waals surface area (Å²) in [6, 6.07) is 5.89. The number of nitrogens with zero attached hydrogens (tertiary/aromatic N) is 3. The Morgan fingerprint density at radius 3 is 2.76 bits per heavy atom. The fourth-order valence-corrected chi connectivity index (χ4v) is 4.11. The minimum atomic E-state index is -0.426. The molecule has 0 atom stereocenters. The molecule has 0 N–H and O–H groups in total. The second kappa shape index (κ2) is 6.59. The Bertz CT molecular complexity index is 839. The lowest BCUT2D eigenvalue weighted by atomic mass is 9.88. The fraction of sp³-hybridized carbons (Fsp3) is 0.368. The molecule has 0 unspecified atom stereocenters. The van der Waals surface area contributed by atoms with Crippen LogP contribution in [0.2, 0.25) is 0 Å². The van der Waals surface area contributed by atoms with E-state index in [1.165, 1.54) is 11.8 Å². The van der Waals surface area contributed by atoms with E-state index in [9.17, 15) is 4.79 Å². The van der Waals surface area contributed by atoms with Crippen LogP contribution in [0.3, 0.4) is 0 Å². The highest BCUT2D eigenvalue weighted by atomic mass is 32.2. The first-order chi connectivity index (χ1) is 11.8. The van der Waals surface area contributed by atoms with Gasteiger partial charge in [-0.2, -0.15) is 0 Å². The third-order valence-corrected chi connectivity index (χ3v) is 5.41. The molecule has 0 saturated carbocycles. The lowest BCUT2D eigenvalue weighted by Crippen LogP contribution is -2.49. The van der Waals surface area contributed by atoms with Crippen molar-refractivity contribution in [2.45, 2.75) is 31.5 Å². The van der Waals surface area contributed by atoms with Gasteiger partial charge in [-0.1, -0.05) is 30.0 Å². The van der Waals surface area contributed by atoms with Gasteiger partial charge in [0.2, 0.25) is 5.91 Å². The number of anilines is 1. The number of carbonyl (C=O) groups excluding carboxylic acids is 1. The summed E-state index contributed by atoms with van der Waals surface area (Å²) in [7, 11) is 3.57. The molecule has 0 spiro atoms. The molecule has 1 aromatic heterocycles. The van der Waals surface area contributed by atoms with Crippen LogP contribution in [0, 0.1) is 0 Å². The van der Waals surface area contributed by atoms with Crippen LogP contribution in [0.4, 0.5) is 5.69 Å². The number of aryl methyl sites for hydroxylation is 1. The largest absolute Gasteiger partial charge is 0.495 e. The van der Waals surface area contributed by atoms with Crippen LogP contribution in [0.1, 0.15) is 26.3 Å². The van der Waals surface area contributed by atoms with E-state index in [4.69, 9.17) is 4.74 Å². The average Bonchev–Trinajstić information content (AvgIpc) is 2.96. The van der Waals surface area contributed by atoms with Gasteiger partial charge in [-0.05, 0) is 32.4 Å². The first-order valence-corrected chi connectivity index (χ1v) is 9.13.